The van der Waals surface area contributed by atoms with Crippen molar-refractivity contribution in [3.63, 3.8) is 0 Å². The van der Waals surface area contributed by atoms with Crippen LogP contribution in [0.5, 0.6) is 0 Å². The number of halogens is 4. The smallest absolute Gasteiger partial charge is 0.198 e. The number of hydrogen-bond donors (Lipinski definition) is 0. The van der Waals surface area contributed by atoms with Gasteiger partial charge in [-0.15, -0.1) is 0 Å². The van der Waals surface area contributed by atoms with Crippen LogP contribution in [0.2, 0.25) is 5.02 Å². The van der Waals surface area contributed by atoms with Crippen LogP contribution >= 0.6 is 11.6 Å². The highest BCUT2D eigenvalue weighted by molar-refractivity contribution is 6.31. The van der Waals surface area contributed by atoms with Gasteiger partial charge in [0, 0.05) is 11.1 Å². The van der Waals surface area contributed by atoms with Crippen molar-refractivity contribution in [2.75, 3.05) is 0 Å². The molecule has 0 unspecified atom stereocenters. The lowest BCUT2D eigenvalue weighted by Gasteiger charge is -2.04. The Morgan fingerprint density at radius 1 is 0.889 bits per heavy atom. The first-order valence-electron chi connectivity index (χ1n) is 4.94. The molecule has 1 nitrogen and oxygen atoms in total. The molecule has 2 aromatic carbocycles. The van der Waals surface area contributed by atoms with Gasteiger partial charge < -0.3 is 0 Å². The summed E-state index contributed by atoms with van der Waals surface area (Å²) >= 11 is 5.64. The molecule has 92 valence electrons. The minimum Gasteiger partial charge on any atom is -0.288 e. The van der Waals surface area contributed by atoms with Crippen molar-refractivity contribution in [2.45, 2.75) is 0 Å². The molecule has 0 aliphatic rings. The fourth-order valence-electron chi connectivity index (χ4n) is 1.49. The van der Waals surface area contributed by atoms with Crippen LogP contribution in [0.25, 0.3) is 0 Å². The van der Waals surface area contributed by atoms with Crippen molar-refractivity contribution in [3.8, 4) is 0 Å². The van der Waals surface area contributed by atoms with Gasteiger partial charge in [-0.25, -0.2) is 13.2 Å². The van der Waals surface area contributed by atoms with Gasteiger partial charge in [-0.3, -0.25) is 4.79 Å². The average Bonchev–Trinajstić information content (AvgIpc) is 2.31. The van der Waals surface area contributed by atoms with Crippen LogP contribution in [0.4, 0.5) is 13.2 Å². The molecule has 0 aliphatic heterocycles. The van der Waals surface area contributed by atoms with Crippen molar-refractivity contribution in [1.82, 2.24) is 0 Å². The van der Waals surface area contributed by atoms with E-state index in [9.17, 15) is 18.0 Å². The minimum absolute atomic E-state index is 0.155. The largest absolute Gasteiger partial charge is 0.288 e. The number of rotatable bonds is 2. The van der Waals surface area contributed by atoms with Crippen molar-refractivity contribution in [2.24, 2.45) is 0 Å². The lowest BCUT2D eigenvalue weighted by atomic mass is 10.0. The Labute approximate surface area is 106 Å². The molecule has 2 aromatic rings. The zero-order chi connectivity index (χ0) is 13.3. The summed E-state index contributed by atoms with van der Waals surface area (Å²) in [7, 11) is 0. The van der Waals surface area contributed by atoms with E-state index in [1.807, 2.05) is 0 Å². The van der Waals surface area contributed by atoms with Crippen molar-refractivity contribution in [3.05, 3.63) is 70.0 Å². The minimum atomic E-state index is -1.04. The maximum Gasteiger partial charge on any atom is 0.198 e. The van der Waals surface area contributed by atoms with E-state index >= 15 is 0 Å². The number of carbonyl (C=O) groups excluding carboxylic acids is 1. The van der Waals surface area contributed by atoms with E-state index in [0.29, 0.717) is 6.07 Å². The van der Waals surface area contributed by atoms with E-state index in [2.05, 4.69) is 0 Å². The third kappa shape index (κ3) is 2.38. The van der Waals surface area contributed by atoms with Gasteiger partial charge in [0.05, 0.1) is 11.1 Å². The average molecular weight is 271 g/mol. The first kappa shape index (κ1) is 12.6. The second kappa shape index (κ2) is 4.82. The van der Waals surface area contributed by atoms with Gasteiger partial charge in [0.25, 0.3) is 0 Å². The molecular weight excluding hydrogens is 265 g/mol. The summed E-state index contributed by atoms with van der Waals surface area (Å²) in [5, 5.41) is 0.155. The summed E-state index contributed by atoms with van der Waals surface area (Å²) in [6, 6.07) is 5.84. The van der Waals surface area contributed by atoms with E-state index in [-0.39, 0.29) is 10.6 Å². The third-order valence-corrected chi connectivity index (χ3v) is 2.58. The lowest BCUT2D eigenvalue weighted by molar-refractivity contribution is 0.103. The van der Waals surface area contributed by atoms with Crippen LogP contribution in [0.1, 0.15) is 15.9 Å². The van der Waals surface area contributed by atoms with Crippen LogP contribution < -0.4 is 0 Å². The predicted octanol–water partition coefficient (Wildman–Crippen LogP) is 3.99. The quantitative estimate of drug-likeness (QED) is 0.754. The van der Waals surface area contributed by atoms with Gasteiger partial charge in [0.2, 0.25) is 0 Å². The van der Waals surface area contributed by atoms with Crippen LogP contribution in [0, 0.1) is 17.5 Å². The summed E-state index contributed by atoms with van der Waals surface area (Å²) in [5.74, 6) is -3.55. The maximum atomic E-state index is 13.4. The summed E-state index contributed by atoms with van der Waals surface area (Å²) in [5.41, 5.74) is -0.759. The molecule has 0 amide bonds. The van der Waals surface area contributed by atoms with Gasteiger partial charge >= 0.3 is 0 Å². The Bertz CT molecular complexity index is 626. The summed E-state index contributed by atoms with van der Waals surface area (Å²) in [6.45, 7) is 0. The van der Waals surface area contributed by atoms with Crippen LogP contribution in [0.3, 0.4) is 0 Å². The third-order valence-electron chi connectivity index (χ3n) is 2.35. The zero-order valence-corrected chi connectivity index (χ0v) is 9.64. The van der Waals surface area contributed by atoms with E-state index in [1.165, 1.54) is 6.07 Å². The highest BCUT2D eigenvalue weighted by atomic mass is 35.5. The number of hydrogen-bond acceptors (Lipinski definition) is 1. The second-order valence-corrected chi connectivity index (χ2v) is 4.01. The molecule has 0 saturated carbocycles. The molecule has 0 fully saturated rings. The molecule has 0 atom stereocenters. The van der Waals surface area contributed by atoms with Gasteiger partial charge in [0.1, 0.15) is 17.5 Å². The number of carbonyl (C=O) groups is 1. The Kier molecular flexibility index (Phi) is 3.39. The molecular formula is C13H6ClF3O. The highest BCUT2D eigenvalue weighted by Crippen LogP contribution is 2.20. The molecule has 0 aromatic heterocycles. The Balaban J connectivity index is 2.51. The normalized spacial score (nSPS) is 10.4. The van der Waals surface area contributed by atoms with Crippen molar-refractivity contribution < 1.29 is 18.0 Å². The van der Waals surface area contributed by atoms with E-state index in [0.717, 1.165) is 24.3 Å². The monoisotopic (exact) mass is 270 g/mol. The fourth-order valence-corrected chi connectivity index (χ4v) is 1.66. The van der Waals surface area contributed by atoms with Gasteiger partial charge in [-0.1, -0.05) is 11.6 Å². The molecule has 0 spiro atoms. The van der Waals surface area contributed by atoms with Gasteiger partial charge in [-0.2, -0.15) is 0 Å². The van der Waals surface area contributed by atoms with E-state index in [1.54, 1.807) is 0 Å². The van der Waals surface area contributed by atoms with Crippen molar-refractivity contribution in [1.29, 1.82) is 0 Å². The van der Waals surface area contributed by atoms with E-state index < -0.39 is 28.8 Å². The Morgan fingerprint density at radius 3 is 2.28 bits per heavy atom. The van der Waals surface area contributed by atoms with Crippen LogP contribution in [0.15, 0.2) is 36.4 Å². The molecule has 0 saturated heterocycles. The lowest BCUT2D eigenvalue weighted by Crippen LogP contribution is -2.07. The summed E-state index contributed by atoms with van der Waals surface area (Å²) in [6.07, 6.45) is 0. The van der Waals surface area contributed by atoms with Crippen LogP contribution in [-0.4, -0.2) is 5.78 Å². The van der Waals surface area contributed by atoms with E-state index in [4.69, 9.17) is 11.6 Å². The SMILES string of the molecule is O=C(c1ccc(F)cc1F)c1cc(Cl)ccc1F. The predicted molar refractivity (Wildman–Crippen MR) is 61.2 cm³/mol. The topological polar surface area (TPSA) is 17.1 Å². The second-order valence-electron chi connectivity index (χ2n) is 3.58. The summed E-state index contributed by atoms with van der Waals surface area (Å²) < 4.78 is 39.6. The standard InChI is InChI=1S/C13H6ClF3O/c14-7-1-4-11(16)10(5-7)13(18)9-3-2-8(15)6-12(9)17/h1-6H. The van der Waals surface area contributed by atoms with Gasteiger partial charge in [0.15, 0.2) is 5.78 Å². The van der Waals surface area contributed by atoms with Crippen molar-refractivity contribution >= 4 is 17.4 Å². The molecule has 0 N–H and O–H groups in total. The number of ketones is 1. The number of benzene rings is 2. The fraction of sp³-hybridized carbons (Fsp3) is 0. The molecule has 5 heteroatoms. The Hall–Kier alpha value is -1.81. The molecule has 2 rings (SSSR count). The zero-order valence-electron chi connectivity index (χ0n) is 8.88. The maximum absolute atomic E-state index is 13.4. The first-order chi connectivity index (χ1) is 8.49. The Morgan fingerprint density at radius 2 is 1.61 bits per heavy atom. The van der Waals surface area contributed by atoms with Crippen LogP contribution in [-0.2, 0) is 0 Å². The summed E-state index contributed by atoms with van der Waals surface area (Å²) in [4.78, 5) is 11.9. The highest BCUT2D eigenvalue weighted by Gasteiger charge is 2.18. The molecule has 0 bridgehead atoms. The molecule has 0 aliphatic carbocycles. The molecule has 18 heavy (non-hydrogen) atoms. The molecule has 0 radical (unpaired) electrons. The molecule has 0 heterocycles. The van der Waals surface area contributed by atoms with Gasteiger partial charge in [-0.05, 0) is 30.3 Å². The first-order valence-corrected chi connectivity index (χ1v) is 5.31.